The van der Waals surface area contributed by atoms with Crippen molar-refractivity contribution in [1.82, 2.24) is 10.6 Å². The van der Waals surface area contributed by atoms with Gasteiger partial charge in [-0.1, -0.05) is 0 Å². The van der Waals surface area contributed by atoms with Gasteiger partial charge in [-0.3, -0.25) is 10.6 Å². The zero-order valence-corrected chi connectivity index (χ0v) is 5.13. The van der Waals surface area contributed by atoms with E-state index >= 15 is 0 Å². The molecule has 2 atom stereocenters. The highest BCUT2D eigenvalue weighted by Crippen LogP contribution is 2.06. The second-order valence-corrected chi connectivity index (χ2v) is 2.33. The van der Waals surface area contributed by atoms with Crippen molar-refractivity contribution in [2.75, 3.05) is 6.67 Å². The van der Waals surface area contributed by atoms with Crippen LogP contribution in [-0.4, -0.2) is 17.7 Å². The molecule has 2 N–H and O–H groups in total. The van der Waals surface area contributed by atoms with Gasteiger partial charge in [0.2, 0.25) is 0 Å². The van der Waals surface area contributed by atoms with Crippen LogP contribution in [0.2, 0.25) is 0 Å². The van der Waals surface area contributed by atoms with Crippen LogP contribution in [0.3, 0.4) is 0 Å². The first-order valence-electron chi connectivity index (χ1n) is 2.05. The Morgan fingerprint density at radius 2 is 1.57 bits per heavy atom. The van der Waals surface area contributed by atoms with Gasteiger partial charge in [0.05, 0.1) is 0 Å². The molecule has 0 amide bonds. The average molecular weight is 141 g/mol. The third-order valence-electron chi connectivity index (χ3n) is 0.851. The van der Waals surface area contributed by atoms with Gasteiger partial charge in [0.15, 0.2) is 0 Å². The van der Waals surface area contributed by atoms with E-state index in [2.05, 4.69) is 10.6 Å². The Balaban J connectivity index is 2.33. The molecule has 0 aromatic rings. The Morgan fingerprint density at radius 3 is 1.71 bits per heavy atom. The fourth-order valence-corrected chi connectivity index (χ4v) is 0.793. The van der Waals surface area contributed by atoms with Crippen LogP contribution in [0.1, 0.15) is 0 Å². The lowest BCUT2D eigenvalue weighted by Crippen LogP contribution is -2.21. The first-order chi connectivity index (χ1) is 3.30. The molecule has 0 aromatic heterocycles. The minimum absolute atomic E-state index is 0.110. The summed E-state index contributed by atoms with van der Waals surface area (Å²) in [5, 5.41) is 5.78. The summed E-state index contributed by atoms with van der Waals surface area (Å²) in [7, 11) is 0. The third-order valence-corrected chi connectivity index (χ3v) is 1.79. The molecule has 1 heterocycles. The molecular weight excluding hydrogens is 135 g/mol. The van der Waals surface area contributed by atoms with Crippen molar-refractivity contribution in [3.8, 4) is 0 Å². The largest absolute Gasteiger partial charge is 0.286 e. The van der Waals surface area contributed by atoms with Crippen LogP contribution in [-0.2, 0) is 0 Å². The van der Waals surface area contributed by atoms with Crippen molar-refractivity contribution in [1.29, 1.82) is 0 Å². The topological polar surface area (TPSA) is 24.1 Å². The molecule has 1 aliphatic heterocycles. The van der Waals surface area contributed by atoms with Gasteiger partial charge >= 0.3 is 0 Å². The molecule has 2 unspecified atom stereocenters. The maximum atomic E-state index is 5.56. The zero-order valence-electron chi connectivity index (χ0n) is 3.62. The quantitative estimate of drug-likeness (QED) is 0.373. The Labute approximate surface area is 52.2 Å². The van der Waals surface area contributed by atoms with E-state index in [-0.39, 0.29) is 11.0 Å². The SMILES string of the molecule is ClC1NCNC1Cl. The van der Waals surface area contributed by atoms with Crippen molar-refractivity contribution in [3.05, 3.63) is 0 Å². The average Bonchev–Trinajstić information content (AvgIpc) is 1.91. The van der Waals surface area contributed by atoms with Crippen LogP contribution in [0.25, 0.3) is 0 Å². The molecule has 1 fully saturated rings. The van der Waals surface area contributed by atoms with E-state index in [1.807, 2.05) is 0 Å². The summed E-state index contributed by atoms with van der Waals surface area (Å²) < 4.78 is 0. The standard InChI is InChI=1S/C3H6Cl2N2/c4-2-3(5)7-1-6-2/h2-3,6-7H,1H2. The van der Waals surface area contributed by atoms with Crippen LogP contribution in [0, 0.1) is 0 Å². The maximum absolute atomic E-state index is 5.56. The highest BCUT2D eigenvalue weighted by Gasteiger charge is 2.20. The fraction of sp³-hybridized carbons (Fsp3) is 1.00. The molecular formula is C3H6Cl2N2. The number of hydrogen-bond acceptors (Lipinski definition) is 2. The van der Waals surface area contributed by atoms with E-state index in [1.54, 1.807) is 0 Å². The van der Waals surface area contributed by atoms with E-state index in [1.165, 1.54) is 0 Å². The second-order valence-electron chi connectivity index (χ2n) is 1.39. The highest BCUT2D eigenvalue weighted by molar-refractivity contribution is 6.29. The smallest absolute Gasteiger partial charge is 0.113 e. The van der Waals surface area contributed by atoms with Gasteiger partial charge in [0.25, 0.3) is 0 Å². The van der Waals surface area contributed by atoms with Gasteiger partial charge in [-0.2, -0.15) is 0 Å². The summed E-state index contributed by atoms with van der Waals surface area (Å²) in [6.07, 6.45) is 0. The van der Waals surface area contributed by atoms with Crippen molar-refractivity contribution < 1.29 is 0 Å². The molecule has 1 aliphatic rings. The maximum Gasteiger partial charge on any atom is 0.113 e. The molecule has 0 saturated carbocycles. The van der Waals surface area contributed by atoms with Gasteiger partial charge in [-0.05, 0) is 0 Å². The van der Waals surface area contributed by atoms with Gasteiger partial charge < -0.3 is 0 Å². The molecule has 1 rings (SSSR count). The third kappa shape index (κ3) is 1.19. The molecule has 0 radical (unpaired) electrons. The van der Waals surface area contributed by atoms with Gasteiger partial charge in [0.1, 0.15) is 11.0 Å². The van der Waals surface area contributed by atoms with E-state index in [0.717, 1.165) is 0 Å². The molecule has 0 spiro atoms. The number of alkyl halides is 2. The summed E-state index contributed by atoms with van der Waals surface area (Å²) in [6.45, 7) is 0.711. The predicted molar refractivity (Wildman–Crippen MR) is 30.4 cm³/mol. The highest BCUT2D eigenvalue weighted by atomic mass is 35.5. The molecule has 0 aliphatic carbocycles. The lowest BCUT2D eigenvalue weighted by molar-refractivity contribution is 0.790. The monoisotopic (exact) mass is 140 g/mol. The summed E-state index contributed by atoms with van der Waals surface area (Å²) in [5.74, 6) is 0. The van der Waals surface area contributed by atoms with Crippen molar-refractivity contribution in [2.24, 2.45) is 0 Å². The Kier molecular flexibility index (Phi) is 1.75. The number of hydrogen-bond donors (Lipinski definition) is 2. The number of rotatable bonds is 0. The summed E-state index contributed by atoms with van der Waals surface area (Å²) in [4.78, 5) is 0. The van der Waals surface area contributed by atoms with Crippen molar-refractivity contribution in [3.63, 3.8) is 0 Å². The van der Waals surface area contributed by atoms with Gasteiger partial charge in [-0.25, -0.2) is 0 Å². The Hall–Kier alpha value is 0.500. The van der Waals surface area contributed by atoms with Crippen molar-refractivity contribution >= 4 is 23.2 Å². The second kappa shape index (κ2) is 2.18. The Bertz CT molecular complexity index is 60.0. The predicted octanol–water partition coefficient (Wildman–Crippen LogP) is 0.266. The van der Waals surface area contributed by atoms with E-state index in [4.69, 9.17) is 23.2 Å². The summed E-state index contributed by atoms with van der Waals surface area (Å²) >= 11 is 11.1. The molecule has 7 heavy (non-hydrogen) atoms. The fourth-order valence-electron chi connectivity index (χ4n) is 0.461. The zero-order chi connectivity index (χ0) is 5.28. The summed E-state index contributed by atoms with van der Waals surface area (Å²) in [5.41, 5.74) is -0.219. The first kappa shape index (κ1) is 5.63. The van der Waals surface area contributed by atoms with Gasteiger partial charge in [-0.15, -0.1) is 23.2 Å². The molecule has 2 nitrogen and oxygen atoms in total. The number of halogens is 2. The van der Waals surface area contributed by atoms with Crippen LogP contribution in [0.5, 0.6) is 0 Å². The number of nitrogens with one attached hydrogen (secondary N) is 2. The van der Waals surface area contributed by atoms with Crippen LogP contribution in [0.4, 0.5) is 0 Å². The van der Waals surface area contributed by atoms with E-state index in [9.17, 15) is 0 Å². The molecule has 0 bridgehead atoms. The van der Waals surface area contributed by atoms with E-state index < -0.39 is 0 Å². The molecule has 1 saturated heterocycles. The lowest BCUT2D eigenvalue weighted by Gasteiger charge is -2.00. The first-order valence-corrected chi connectivity index (χ1v) is 2.93. The van der Waals surface area contributed by atoms with E-state index in [0.29, 0.717) is 6.67 Å². The van der Waals surface area contributed by atoms with Crippen LogP contribution in [0.15, 0.2) is 0 Å². The summed E-state index contributed by atoms with van der Waals surface area (Å²) in [6, 6.07) is 0. The van der Waals surface area contributed by atoms with Gasteiger partial charge in [0, 0.05) is 6.67 Å². The normalized spacial score (nSPS) is 42.0. The molecule has 42 valence electrons. The molecule has 4 heteroatoms. The molecule has 0 aromatic carbocycles. The van der Waals surface area contributed by atoms with Crippen molar-refractivity contribution in [2.45, 2.75) is 11.0 Å². The Morgan fingerprint density at radius 1 is 1.14 bits per heavy atom. The van der Waals surface area contributed by atoms with Crippen LogP contribution >= 0.6 is 23.2 Å². The minimum Gasteiger partial charge on any atom is -0.286 e. The lowest BCUT2D eigenvalue weighted by atomic mass is 10.7. The van der Waals surface area contributed by atoms with Crippen LogP contribution < -0.4 is 10.6 Å². The minimum atomic E-state index is -0.110.